The molecular formula is C12H18O3S. The quantitative estimate of drug-likeness (QED) is 0.855. The second-order valence-corrected chi connectivity index (χ2v) is 6.40. The summed E-state index contributed by atoms with van der Waals surface area (Å²) < 4.78 is 22.9. The largest absolute Gasteiger partial charge is 0.395 e. The SMILES string of the molecule is CC(C)c1ccc(CS(=O)(=O)CCO)cc1. The summed E-state index contributed by atoms with van der Waals surface area (Å²) in [5, 5.41) is 8.62. The summed E-state index contributed by atoms with van der Waals surface area (Å²) in [4.78, 5) is 0. The first-order chi connectivity index (χ1) is 7.44. The van der Waals surface area contributed by atoms with Crippen LogP contribution in [0.15, 0.2) is 24.3 Å². The van der Waals surface area contributed by atoms with Crippen molar-refractivity contribution in [1.82, 2.24) is 0 Å². The normalized spacial score (nSPS) is 12.0. The summed E-state index contributed by atoms with van der Waals surface area (Å²) in [5.41, 5.74) is 1.97. The lowest BCUT2D eigenvalue weighted by atomic mass is 10.0. The molecule has 0 atom stereocenters. The molecule has 4 heteroatoms. The van der Waals surface area contributed by atoms with Gasteiger partial charge in [-0.2, -0.15) is 0 Å². The van der Waals surface area contributed by atoms with Gasteiger partial charge >= 0.3 is 0 Å². The van der Waals surface area contributed by atoms with Crippen LogP contribution in [0.3, 0.4) is 0 Å². The van der Waals surface area contributed by atoms with E-state index in [-0.39, 0.29) is 18.1 Å². The predicted molar refractivity (Wildman–Crippen MR) is 65.1 cm³/mol. The standard InChI is InChI=1S/C12H18O3S/c1-10(2)12-5-3-11(4-6-12)9-16(14,15)8-7-13/h3-6,10,13H,7-9H2,1-2H3. The van der Waals surface area contributed by atoms with Gasteiger partial charge in [0, 0.05) is 0 Å². The molecule has 0 aromatic heterocycles. The summed E-state index contributed by atoms with van der Waals surface area (Å²) >= 11 is 0. The maximum atomic E-state index is 11.5. The molecule has 0 saturated carbocycles. The fourth-order valence-electron chi connectivity index (χ4n) is 1.46. The summed E-state index contributed by atoms with van der Waals surface area (Å²) in [6.45, 7) is 3.88. The molecule has 0 heterocycles. The third kappa shape index (κ3) is 3.94. The number of aliphatic hydroxyl groups excluding tert-OH is 1. The lowest BCUT2D eigenvalue weighted by molar-refractivity contribution is 0.319. The van der Waals surface area contributed by atoms with Gasteiger partial charge in [0.2, 0.25) is 0 Å². The zero-order valence-corrected chi connectivity index (χ0v) is 10.5. The van der Waals surface area contributed by atoms with Crippen molar-refractivity contribution in [2.45, 2.75) is 25.5 Å². The van der Waals surface area contributed by atoms with E-state index in [1.165, 1.54) is 5.56 Å². The van der Waals surface area contributed by atoms with Crippen LogP contribution in [-0.4, -0.2) is 25.9 Å². The van der Waals surface area contributed by atoms with E-state index in [1.807, 2.05) is 24.3 Å². The first-order valence-corrected chi connectivity index (χ1v) is 7.17. The van der Waals surface area contributed by atoms with Crippen LogP contribution in [0.5, 0.6) is 0 Å². The second-order valence-electron chi connectivity index (χ2n) is 4.21. The lowest BCUT2D eigenvalue weighted by Gasteiger charge is -2.07. The van der Waals surface area contributed by atoms with Crippen LogP contribution >= 0.6 is 0 Å². The van der Waals surface area contributed by atoms with E-state index in [4.69, 9.17) is 5.11 Å². The molecule has 1 rings (SSSR count). The van der Waals surface area contributed by atoms with Gasteiger partial charge in [0.15, 0.2) is 9.84 Å². The molecule has 1 aromatic rings. The van der Waals surface area contributed by atoms with Crippen molar-refractivity contribution in [3.63, 3.8) is 0 Å². The highest BCUT2D eigenvalue weighted by Crippen LogP contribution is 2.16. The maximum Gasteiger partial charge on any atom is 0.156 e. The average Bonchev–Trinajstić information content (AvgIpc) is 2.17. The van der Waals surface area contributed by atoms with E-state index in [9.17, 15) is 8.42 Å². The molecule has 1 N–H and O–H groups in total. The van der Waals surface area contributed by atoms with Gasteiger partial charge in [0.25, 0.3) is 0 Å². The Kier molecular flexibility index (Phi) is 4.50. The van der Waals surface area contributed by atoms with Crippen LogP contribution in [0, 0.1) is 0 Å². The summed E-state index contributed by atoms with van der Waals surface area (Å²) in [6, 6.07) is 7.58. The highest BCUT2D eigenvalue weighted by molar-refractivity contribution is 7.90. The lowest BCUT2D eigenvalue weighted by Crippen LogP contribution is -2.12. The molecule has 0 aliphatic carbocycles. The van der Waals surface area contributed by atoms with Crippen molar-refractivity contribution in [2.24, 2.45) is 0 Å². The molecule has 0 unspecified atom stereocenters. The Bertz CT molecular complexity index is 418. The first kappa shape index (κ1) is 13.2. The minimum atomic E-state index is -3.17. The zero-order chi connectivity index (χ0) is 12.2. The Morgan fingerprint density at radius 2 is 1.75 bits per heavy atom. The molecule has 1 aromatic carbocycles. The molecule has 90 valence electrons. The van der Waals surface area contributed by atoms with Gasteiger partial charge in [-0.05, 0) is 17.0 Å². The van der Waals surface area contributed by atoms with Crippen molar-refractivity contribution in [1.29, 1.82) is 0 Å². The van der Waals surface area contributed by atoms with Crippen molar-refractivity contribution in [3.8, 4) is 0 Å². The van der Waals surface area contributed by atoms with Gasteiger partial charge < -0.3 is 5.11 Å². The number of rotatable bonds is 5. The van der Waals surface area contributed by atoms with Crippen LogP contribution in [-0.2, 0) is 15.6 Å². The number of hydrogen-bond donors (Lipinski definition) is 1. The van der Waals surface area contributed by atoms with E-state index < -0.39 is 9.84 Å². The summed E-state index contributed by atoms with van der Waals surface area (Å²) in [6.07, 6.45) is 0. The third-order valence-electron chi connectivity index (χ3n) is 2.44. The van der Waals surface area contributed by atoms with Crippen molar-refractivity contribution >= 4 is 9.84 Å². The van der Waals surface area contributed by atoms with Crippen molar-refractivity contribution < 1.29 is 13.5 Å². The highest BCUT2D eigenvalue weighted by Gasteiger charge is 2.11. The van der Waals surface area contributed by atoms with E-state index in [2.05, 4.69) is 13.8 Å². The smallest absolute Gasteiger partial charge is 0.156 e. The van der Waals surface area contributed by atoms with Crippen LogP contribution in [0.2, 0.25) is 0 Å². The van der Waals surface area contributed by atoms with Crippen LogP contribution in [0.4, 0.5) is 0 Å². The number of benzene rings is 1. The first-order valence-electron chi connectivity index (χ1n) is 5.35. The summed E-state index contributed by atoms with van der Waals surface area (Å²) in [7, 11) is -3.17. The molecule has 0 amide bonds. The molecular weight excluding hydrogens is 224 g/mol. The van der Waals surface area contributed by atoms with Crippen LogP contribution in [0.1, 0.15) is 30.9 Å². The highest BCUT2D eigenvalue weighted by atomic mass is 32.2. The van der Waals surface area contributed by atoms with E-state index in [1.54, 1.807) is 0 Å². The average molecular weight is 242 g/mol. The molecule has 0 aliphatic heterocycles. The van der Waals surface area contributed by atoms with E-state index in [0.29, 0.717) is 5.92 Å². The Labute approximate surface area is 97.0 Å². The molecule has 0 radical (unpaired) electrons. The van der Waals surface area contributed by atoms with E-state index in [0.717, 1.165) is 5.56 Å². The Hall–Kier alpha value is -0.870. The summed E-state index contributed by atoms with van der Waals surface area (Å²) in [5.74, 6) is 0.285. The molecule has 16 heavy (non-hydrogen) atoms. The Balaban J connectivity index is 2.76. The topological polar surface area (TPSA) is 54.4 Å². The van der Waals surface area contributed by atoms with Crippen molar-refractivity contribution in [2.75, 3.05) is 12.4 Å². The minimum absolute atomic E-state index is 0.00589. The molecule has 3 nitrogen and oxygen atoms in total. The molecule has 0 aliphatic rings. The number of hydrogen-bond acceptors (Lipinski definition) is 3. The van der Waals surface area contributed by atoms with E-state index >= 15 is 0 Å². The van der Waals surface area contributed by atoms with Crippen molar-refractivity contribution in [3.05, 3.63) is 35.4 Å². The van der Waals surface area contributed by atoms with Crippen LogP contribution < -0.4 is 0 Å². The van der Waals surface area contributed by atoms with Gasteiger partial charge in [-0.25, -0.2) is 8.42 Å². The minimum Gasteiger partial charge on any atom is -0.395 e. The van der Waals surface area contributed by atoms with Gasteiger partial charge in [0.05, 0.1) is 18.1 Å². The Morgan fingerprint density at radius 3 is 2.19 bits per heavy atom. The van der Waals surface area contributed by atoms with Gasteiger partial charge in [-0.3, -0.25) is 0 Å². The number of sulfone groups is 1. The molecule has 0 saturated heterocycles. The maximum absolute atomic E-state index is 11.5. The fraction of sp³-hybridized carbons (Fsp3) is 0.500. The molecule has 0 spiro atoms. The monoisotopic (exact) mass is 242 g/mol. The Morgan fingerprint density at radius 1 is 1.19 bits per heavy atom. The van der Waals surface area contributed by atoms with Gasteiger partial charge in [0.1, 0.15) is 0 Å². The number of aliphatic hydroxyl groups is 1. The predicted octanol–water partition coefficient (Wildman–Crippen LogP) is 1.72. The second kappa shape index (κ2) is 5.46. The van der Waals surface area contributed by atoms with Crippen LogP contribution in [0.25, 0.3) is 0 Å². The molecule has 0 fully saturated rings. The van der Waals surface area contributed by atoms with Gasteiger partial charge in [-0.15, -0.1) is 0 Å². The third-order valence-corrected chi connectivity index (χ3v) is 4.01. The zero-order valence-electron chi connectivity index (χ0n) is 9.68. The fourth-order valence-corrected chi connectivity index (χ4v) is 2.59. The van der Waals surface area contributed by atoms with Gasteiger partial charge in [-0.1, -0.05) is 38.1 Å². The molecule has 0 bridgehead atoms.